The molecule has 0 fully saturated rings. The van der Waals surface area contributed by atoms with Crippen molar-refractivity contribution < 1.29 is 18.3 Å². The Bertz CT molecular complexity index is 827. The van der Waals surface area contributed by atoms with Gasteiger partial charge in [0.1, 0.15) is 0 Å². The fourth-order valence-electron chi connectivity index (χ4n) is 3.82. The summed E-state index contributed by atoms with van der Waals surface area (Å²) in [5, 5.41) is 8.85. The van der Waals surface area contributed by atoms with E-state index in [1.165, 1.54) is 0 Å². The number of hydrogen-bond donors (Lipinski definition) is 1. The van der Waals surface area contributed by atoms with Crippen LogP contribution in [0.3, 0.4) is 0 Å². The van der Waals surface area contributed by atoms with Gasteiger partial charge in [0.15, 0.2) is 0 Å². The topological polar surface area (TPSA) is 74.7 Å². The molecule has 0 bridgehead atoms. The average Bonchev–Trinajstić information content (AvgIpc) is 2.65. The van der Waals surface area contributed by atoms with Crippen LogP contribution in [0.4, 0.5) is 0 Å². The van der Waals surface area contributed by atoms with Crippen LogP contribution >= 0.6 is 0 Å². The Morgan fingerprint density at radius 3 is 2.50 bits per heavy atom. The Labute approximate surface area is 169 Å². The van der Waals surface area contributed by atoms with Crippen LogP contribution in [0.25, 0.3) is 5.57 Å². The summed E-state index contributed by atoms with van der Waals surface area (Å²) in [4.78, 5) is 11.3. The fourth-order valence-corrected chi connectivity index (χ4v) is 5.41. The Hall–Kier alpha value is -1.66. The lowest BCUT2D eigenvalue weighted by molar-refractivity contribution is -0.136. The number of carbonyl (C=O) groups is 1. The molecule has 1 aromatic rings. The zero-order valence-corrected chi connectivity index (χ0v) is 18.3. The van der Waals surface area contributed by atoms with Crippen molar-refractivity contribution in [2.75, 3.05) is 6.54 Å². The maximum atomic E-state index is 12.8. The lowest BCUT2D eigenvalue weighted by Gasteiger charge is -2.34. The second-order valence-electron chi connectivity index (χ2n) is 7.78. The highest BCUT2D eigenvalue weighted by molar-refractivity contribution is 7.89. The smallest absolute Gasteiger partial charge is 0.307 e. The van der Waals surface area contributed by atoms with E-state index in [-0.39, 0.29) is 12.5 Å². The van der Waals surface area contributed by atoms with Gasteiger partial charge in [-0.1, -0.05) is 38.1 Å². The highest BCUT2D eigenvalue weighted by atomic mass is 32.2. The molecule has 1 aromatic carbocycles. The van der Waals surface area contributed by atoms with Crippen molar-refractivity contribution in [1.82, 2.24) is 4.31 Å². The summed E-state index contributed by atoms with van der Waals surface area (Å²) < 4.78 is 27.2. The van der Waals surface area contributed by atoms with Crippen LogP contribution in [0, 0.1) is 0 Å². The van der Waals surface area contributed by atoms with Crippen LogP contribution in [-0.2, 0) is 27.7 Å². The van der Waals surface area contributed by atoms with E-state index in [1.807, 2.05) is 19.1 Å². The third kappa shape index (κ3) is 5.23. The minimum absolute atomic E-state index is 0.00757. The van der Waals surface area contributed by atoms with Gasteiger partial charge < -0.3 is 5.11 Å². The molecule has 0 heterocycles. The molecule has 1 unspecified atom stereocenters. The van der Waals surface area contributed by atoms with Gasteiger partial charge in [0.2, 0.25) is 10.0 Å². The Kier molecular flexibility index (Phi) is 7.84. The highest BCUT2D eigenvalue weighted by Gasteiger charge is 2.32. The van der Waals surface area contributed by atoms with E-state index in [0.29, 0.717) is 13.0 Å². The van der Waals surface area contributed by atoms with E-state index < -0.39 is 21.2 Å². The molecule has 0 radical (unpaired) electrons. The lowest BCUT2D eigenvalue weighted by atomic mass is 9.87. The molecule has 0 aliphatic heterocycles. The number of aliphatic carboxylic acids is 1. The number of allylic oxidation sites excluding steroid dienone is 1. The van der Waals surface area contributed by atoms with Gasteiger partial charge in [0, 0.05) is 12.6 Å². The number of sulfonamides is 1. The monoisotopic (exact) mass is 407 g/mol. The van der Waals surface area contributed by atoms with Gasteiger partial charge in [-0.2, -0.15) is 4.31 Å². The largest absolute Gasteiger partial charge is 0.481 e. The summed E-state index contributed by atoms with van der Waals surface area (Å²) >= 11 is 0. The first kappa shape index (κ1) is 22.6. The first-order chi connectivity index (χ1) is 13.2. The minimum Gasteiger partial charge on any atom is -0.481 e. The normalized spacial score (nSPS) is 17.8. The Morgan fingerprint density at radius 2 is 2.00 bits per heavy atom. The summed E-state index contributed by atoms with van der Waals surface area (Å²) in [5.74, 6) is -0.832. The molecule has 0 amide bonds. The molecule has 0 saturated heterocycles. The number of benzene rings is 1. The van der Waals surface area contributed by atoms with Crippen molar-refractivity contribution in [1.29, 1.82) is 0 Å². The van der Waals surface area contributed by atoms with Gasteiger partial charge in [0.05, 0.1) is 11.7 Å². The van der Waals surface area contributed by atoms with E-state index in [2.05, 4.69) is 19.1 Å². The Balaban J connectivity index is 2.29. The zero-order valence-electron chi connectivity index (χ0n) is 17.4. The van der Waals surface area contributed by atoms with Crippen LogP contribution in [0.15, 0.2) is 24.3 Å². The van der Waals surface area contributed by atoms with Crippen molar-refractivity contribution in [2.24, 2.45) is 0 Å². The number of aryl methyl sites for hydroxylation is 1. The van der Waals surface area contributed by atoms with Gasteiger partial charge in [-0.15, -0.1) is 0 Å². The molecule has 0 aromatic heterocycles. The molecule has 1 atom stereocenters. The van der Waals surface area contributed by atoms with Crippen LogP contribution in [-0.4, -0.2) is 41.6 Å². The summed E-state index contributed by atoms with van der Waals surface area (Å²) in [5.41, 5.74) is 4.10. The maximum absolute atomic E-state index is 12.8. The third-order valence-corrected chi connectivity index (χ3v) is 7.75. The predicted molar refractivity (Wildman–Crippen MR) is 114 cm³/mol. The third-order valence-electron chi connectivity index (χ3n) is 5.42. The summed E-state index contributed by atoms with van der Waals surface area (Å²) in [6, 6.07) is 6.05. The SMILES string of the molecule is CCCN(C1CC=C(c2ccc(CC)cc2CC(=O)O)CC1)S(=O)(=O)C(C)C. The minimum atomic E-state index is -3.29. The molecular formula is C22H33NO4S. The van der Waals surface area contributed by atoms with E-state index in [0.717, 1.165) is 47.9 Å². The van der Waals surface area contributed by atoms with Gasteiger partial charge in [0.25, 0.3) is 0 Å². The molecule has 0 saturated carbocycles. The number of nitrogens with zero attached hydrogens (tertiary/aromatic N) is 1. The van der Waals surface area contributed by atoms with Crippen molar-refractivity contribution in [3.63, 3.8) is 0 Å². The zero-order chi connectivity index (χ0) is 20.9. The predicted octanol–water partition coefficient (Wildman–Crippen LogP) is 4.26. The second kappa shape index (κ2) is 9.70. The van der Waals surface area contributed by atoms with Crippen molar-refractivity contribution in [3.8, 4) is 0 Å². The second-order valence-corrected chi connectivity index (χ2v) is 10.2. The molecule has 28 heavy (non-hydrogen) atoms. The molecule has 6 heteroatoms. The quantitative estimate of drug-likeness (QED) is 0.664. The molecule has 0 spiro atoms. The van der Waals surface area contributed by atoms with Gasteiger partial charge >= 0.3 is 5.97 Å². The van der Waals surface area contributed by atoms with Crippen LogP contribution in [0.2, 0.25) is 0 Å². The maximum Gasteiger partial charge on any atom is 0.307 e. The van der Waals surface area contributed by atoms with E-state index >= 15 is 0 Å². The number of hydrogen-bond acceptors (Lipinski definition) is 3. The fraction of sp³-hybridized carbons (Fsp3) is 0.591. The molecule has 5 nitrogen and oxygen atoms in total. The van der Waals surface area contributed by atoms with E-state index in [9.17, 15) is 18.3 Å². The molecule has 1 aliphatic carbocycles. The van der Waals surface area contributed by atoms with E-state index in [4.69, 9.17) is 0 Å². The Morgan fingerprint density at radius 1 is 1.29 bits per heavy atom. The summed E-state index contributed by atoms with van der Waals surface area (Å²) in [7, 11) is -3.29. The van der Waals surface area contributed by atoms with Crippen molar-refractivity contribution in [3.05, 3.63) is 41.0 Å². The van der Waals surface area contributed by atoms with Crippen LogP contribution in [0.1, 0.15) is 70.1 Å². The van der Waals surface area contributed by atoms with Gasteiger partial charge in [-0.3, -0.25) is 4.79 Å². The lowest BCUT2D eigenvalue weighted by Crippen LogP contribution is -2.44. The molecule has 1 N–H and O–H groups in total. The van der Waals surface area contributed by atoms with Gasteiger partial charge in [-0.25, -0.2) is 8.42 Å². The molecule has 156 valence electrons. The molecule has 1 aliphatic rings. The first-order valence-electron chi connectivity index (χ1n) is 10.2. The number of carboxylic acids is 1. The number of carboxylic acid groups (broad SMARTS) is 1. The van der Waals surface area contributed by atoms with Crippen molar-refractivity contribution >= 4 is 21.6 Å². The molecule has 2 rings (SSSR count). The van der Waals surface area contributed by atoms with Crippen molar-refractivity contribution in [2.45, 2.75) is 77.5 Å². The summed E-state index contributed by atoms with van der Waals surface area (Å²) in [6.45, 7) is 8.07. The standard InChI is InChI=1S/C22H33NO4S/c1-5-13-23(28(26,27)16(3)4)20-10-8-18(9-11-20)21-12-7-17(6-2)14-19(21)15-22(24)25/h7-8,12,14,16,20H,5-6,9-11,13,15H2,1-4H3,(H,24,25). The first-order valence-corrected chi connectivity index (χ1v) is 11.7. The van der Waals surface area contributed by atoms with Crippen LogP contribution < -0.4 is 0 Å². The van der Waals surface area contributed by atoms with E-state index in [1.54, 1.807) is 18.2 Å². The van der Waals surface area contributed by atoms with Gasteiger partial charge in [-0.05, 0) is 68.2 Å². The summed E-state index contributed by atoms with van der Waals surface area (Å²) in [6.07, 6.45) is 5.97. The van der Waals surface area contributed by atoms with Crippen LogP contribution in [0.5, 0.6) is 0 Å². The highest BCUT2D eigenvalue weighted by Crippen LogP contribution is 2.33. The molecular weight excluding hydrogens is 374 g/mol. The number of rotatable bonds is 9. The average molecular weight is 408 g/mol.